The number of carbonyl (C=O) groups excluding carboxylic acids is 2. The molecule has 1 atom stereocenters. The fourth-order valence-electron chi connectivity index (χ4n) is 5.04. The number of ether oxygens (including phenoxy) is 3. The lowest BCUT2D eigenvalue weighted by molar-refractivity contribution is -0.138. The highest BCUT2D eigenvalue weighted by Gasteiger charge is 2.32. The Labute approximate surface area is 207 Å². The first-order valence-corrected chi connectivity index (χ1v) is 12.5. The van der Waals surface area contributed by atoms with Crippen LogP contribution >= 0.6 is 0 Å². The van der Waals surface area contributed by atoms with Gasteiger partial charge in [-0.05, 0) is 49.3 Å². The summed E-state index contributed by atoms with van der Waals surface area (Å²) in [4.78, 5) is 30.2. The van der Waals surface area contributed by atoms with Gasteiger partial charge in [0, 0.05) is 37.7 Å². The molecule has 0 radical (unpaired) electrons. The van der Waals surface area contributed by atoms with Crippen molar-refractivity contribution in [2.75, 3.05) is 40.4 Å². The number of rotatable bonds is 7. The molecule has 1 unspecified atom stereocenters. The first kappa shape index (κ1) is 24.9. The maximum Gasteiger partial charge on any atom is 0.254 e. The van der Waals surface area contributed by atoms with E-state index in [9.17, 15) is 9.59 Å². The number of hydrogen-bond donors (Lipinski definition) is 0. The lowest BCUT2D eigenvalue weighted by Gasteiger charge is -2.37. The van der Waals surface area contributed by atoms with Crippen LogP contribution in [0.1, 0.15) is 48.5 Å². The number of amides is 2. The highest BCUT2D eigenvalue weighted by Crippen LogP contribution is 2.39. The average Bonchev–Trinajstić information content (AvgIpc) is 2.91. The van der Waals surface area contributed by atoms with E-state index in [4.69, 9.17) is 14.2 Å². The molecule has 0 N–H and O–H groups in total. The second-order valence-corrected chi connectivity index (χ2v) is 9.58. The van der Waals surface area contributed by atoms with Crippen LogP contribution in [0.4, 0.5) is 0 Å². The van der Waals surface area contributed by atoms with Crippen LogP contribution in [0, 0.1) is 11.8 Å². The van der Waals surface area contributed by atoms with Crippen molar-refractivity contribution in [1.82, 2.24) is 9.80 Å². The number of carbonyl (C=O) groups is 2. The van der Waals surface area contributed by atoms with E-state index >= 15 is 0 Å². The lowest BCUT2D eigenvalue weighted by atomic mass is 9.92. The molecule has 0 spiro atoms. The van der Waals surface area contributed by atoms with Gasteiger partial charge in [0.15, 0.2) is 11.5 Å². The highest BCUT2D eigenvalue weighted by molar-refractivity contribution is 5.96. The Morgan fingerprint density at radius 3 is 2.17 bits per heavy atom. The van der Waals surface area contributed by atoms with Crippen LogP contribution < -0.4 is 14.2 Å². The zero-order valence-corrected chi connectivity index (χ0v) is 21.0. The van der Waals surface area contributed by atoms with Crippen LogP contribution in [0.15, 0.2) is 42.5 Å². The second-order valence-electron chi connectivity index (χ2n) is 9.58. The van der Waals surface area contributed by atoms with Gasteiger partial charge in [0.2, 0.25) is 11.7 Å². The van der Waals surface area contributed by atoms with E-state index in [1.54, 1.807) is 26.4 Å². The summed E-state index contributed by atoms with van der Waals surface area (Å²) in [5.74, 6) is 2.11. The molecule has 7 nitrogen and oxygen atoms in total. The molecule has 0 aromatic heterocycles. The van der Waals surface area contributed by atoms with E-state index in [0.29, 0.717) is 61.3 Å². The van der Waals surface area contributed by atoms with Gasteiger partial charge in [-0.2, -0.15) is 0 Å². The topological polar surface area (TPSA) is 68.3 Å². The van der Waals surface area contributed by atoms with Gasteiger partial charge < -0.3 is 24.0 Å². The SMILES string of the molecule is COc1cc(C(=O)N2CCC(C(=O)N3CCCC(C)C3)CC2)cc(OC)c1OCc1ccccc1. The Morgan fingerprint density at radius 2 is 1.57 bits per heavy atom. The highest BCUT2D eigenvalue weighted by atomic mass is 16.5. The molecule has 0 aliphatic carbocycles. The molecule has 2 amide bonds. The van der Waals surface area contributed by atoms with E-state index in [1.165, 1.54) is 6.42 Å². The number of hydrogen-bond acceptors (Lipinski definition) is 5. The van der Waals surface area contributed by atoms with E-state index in [2.05, 4.69) is 6.92 Å². The molecule has 2 aliphatic rings. The number of benzene rings is 2. The van der Waals surface area contributed by atoms with Crippen LogP contribution in [-0.2, 0) is 11.4 Å². The summed E-state index contributed by atoms with van der Waals surface area (Å²) in [6.07, 6.45) is 3.67. The molecular formula is C28H36N2O5. The van der Waals surface area contributed by atoms with E-state index in [1.807, 2.05) is 40.1 Å². The minimum absolute atomic E-state index is 0.00202. The van der Waals surface area contributed by atoms with Gasteiger partial charge in [-0.3, -0.25) is 9.59 Å². The molecule has 188 valence electrons. The number of nitrogens with zero attached hydrogens (tertiary/aromatic N) is 2. The van der Waals surface area contributed by atoms with Gasteiger partial charge in [0.1, 0.15) is 6.61 Å². The summed E-state index contributed by atoms with van der Waals surface area (Å²) >= 11 is 0. The number of piperidine rings is 2. The van der Waals surface area contributed by atoms with E-state index in [0.717, 1.165) is 25.1 Å². The third kappa shape index (κ3) is 5.89. The molecule has 2 fully saturated rings. The van der Waals surface area contributed by atoms with Crippen LogP contribution in [0.25, 0.3) is 0 Å². The summed E-state index contributed by atoms with van der Waals surface area (Å²) in [6, 6.07) is 13.2. The van der Waals surface area contributed by atoms with Crippen molar-refractivity contribution >= 4 is 11.8 Å². The Balaban J connectivity index is 1.41. The maximum absolute atomic E-state index is 13.3. The number of methoxy groups -OCH3 is 2. The predicted octanol–water partition coefficient (Wildman–Crippen LogP) is 4.39. The fraction of sp³-hybridized carbons (Fsp3) is 0.500. The van der Waals surface area contributed by atoms with Crippen molar-refractivity contribution in [1.29, 1.82) is 0 Å². The Bertz CT molecular complexity index is 992. The summed E-state index contributed by atoms with van der Waals surface area (Å²) in [7, 11) is 3.11. The lowest BCUT2D eigenvalue weighted by Crippen LogP contribution is -2.47. The fourth-order valence-corrected chi connectivity index (χ4v) is 5.04. The standard InChI is InChI=1S/C28H36N2O5/c1-20-8-7-13-30(18-20)27(31)22-11-14-29(15-12-22)28(32)23-16-24(33-2)26(25(17-23)34-3)35-19-21-9-5-4-6-10-21/h4-6,9-10,16-17,20,22H,7-8,11-15,18-19H2,1-3H3. The van der Waals surface area contributed by atoms with Crippen LogP contribution in [0.3, 0.4) is 0 Å². The Kier molecular flexibility index (Phi) is 8.16. The molecule has 35 heavy (non-hydrogen) atoms. The molecule has 2 aliphatic heterocycles. The minimum Gasteiger partial charge on any atom is -0.493 e. The van der Waals surface area contributed by atoms with Crippen molar-refractivity contribution in [3.8, 4) is 17.2 Å². The molecule has 0 saturated carbocycles. The third-order valence-electron chi connectivity index (χ3n) is 7.03. The summed E-state index contributed by atoms with van der Waals surface area (Å²) in [5.41, 5.74) is 1.51. The quantitative estimate of drug-likeness (QED) is 0.588. The summed E-state index contributed by atoms with van der Waals surface area (Å²) in [6.45, 7) is 5.42. The van der Waals surface area contributed by atoms with Gasteiger partial charge in [0.25, 0.3) is 5.91 Å². The molecule has 2 heterocycles. The van der Waals surface area contributed by atoms with Gasteiger partial charge in [-0.25, -0.2) is 0 Å². The van der Waals surface area contributed by atoms with Gasteiger partial charge in [-0.15, -0.1) is 0 Å². The van der Waals surface area contributed by atoms with Crippen LogP contribution in [0.2, 0.25) is 0 Å². The van der Waals surface area contributed by atoms with Crippen molar-refractivity contribution < 1.29 is 23.8 Å². The minimum atomic E-state index is -0.0892. The monoisotopic (exact) mass is 480 g/mol. The zero-order chi connectivity index (χ0) is 24.8. The smallest absolute Gasteiger partial charge is 0.254 e. The first-order chi connectivity index (χ1) is 17.0. The maximum atomic E-state index is 13.3. The predicted molar refractivity (Wildman–Crippen MR) is 134 cm³/mol. The van der Waals surface area contributed by atoms with Gasteiger partial charge in [0.05, 0.1) is 14.2 Å². The third-order valence-corrected chi connectivity index (χ3v) is 7.03. The van der Waals surface area contributed by atoms with Gasteiger partial charge in [-0.1, -0.05) is 37.3 Å². The van der Waals surface area contributed by atoms with Crippen molar-refractivity contribution in [3.63, 3.8) is 0 Å². The van der Waals surface area contributed by atoms with Gasteiger partial charge >= 0.3 is 0 Å². The molecule has 2 saturated heterocycles. The van der Waals surface area contributed by atoms with E-state index < -0.39 is 0 Å². The van der Waals surface area contributed by atoms with Crippen LogP contribution in [0.5, 0.6) is 17.2 Å². The molecule has 7 heteroatoms. The normalized spacial score (nSPS) is 18.8. The van der Waals surface area contributed by atoms with Crippen molar-refractivity contribution in [2.45, 2.75) is 39.2 Å². The number of likely N-dealkylation sites (tertiary alicyclic amines) is 2. The summed E-state index contributed by atoms with van der Waals surface area (Å²) in [5, 5.41) is 0. The Morgan fingerprint density at radius 1 is 0.914 bits per heavy atom. The van der Waals surface area contributed by atoms with Crippen LogP contribution in [-0.4, -0.2) is 62.0 Å². The molecular weight excluding hydrogens is 444 g/mol. The molecule has 4 rings (SSSR count). The average molecular weight is 481 g/mol. The van der Waals surface area contributed by atoms with E-state index in [-0.39, 0.29) is 17.7 Å². The molecule has 2 aromatic carbocycles. The second kappa shape index (κ2) is 11.5. The largest absolute Gasteiger partial charge is 0.493 e. The van der Waals surface area contributed by atoms with Crippen molar-refractivity contribution in [2.24, 2.45) is 11.8 Å². The molecule has 0 bridgehead atoms. The summed E-state index contributed by atoms with van der Waals surface area (Å²) < 4.78 is 17.1. The van der Waals surface area contributed by atoms with Crippen molar-refractivity contribution in [3.05, 3.63) is 53.6 Å². The zero-order valence-electron chi connectivity index (χ0n) is 21.0. The first-order valence-electron chi connectivity index (χ1n) is 12.5. The Hall–Kier alpha value is -3.22. The molecule has 2 aromatic rings.